The summed E-state index contributed by atoms with van der Waals surface area (Å²) >= 11 is 1.70. The Kier molecular flexibility index (Phi) is 5.13. The third-order valence-corrected chi connectivity index (χ3v) is 6.62. The van der Waals surface area contributed by atoms with Crippen LogP contribution in [0.15, 0.2) is 58.1 Å². The number of hydrogen-bond donors (Lipinski definition) is 1. The van der Waals surface area contributed by atoms with E-state index in [0.717, 1.165) is 34.8 Å². The third-order valence-electron chi connectivity index (χ3n) is 5.60. The fraction of sp³-hybridized carbons (Fsp3) is 0.273. The summed E-state index contributed by atoms with van der Waals surface area (Å²) in [5.41, 5.74) is 0.285. The molecule has 0 spiro atoms. The molecule has 0 aliphatic carbocycles. The zero-order chi connectivity index (χ0) is 21.4. The molecule has 1 saturated heterocycles. The summed E-state index contributed by atoms with van der Waals surface area (Å²) in [6.45, 7) is 3.23. The molecule has 1 fully saturated rings. The molecule has 2 aromatic heterocycles. The molecule has 1 N–H and O–H groups in total. The molecule has 3 heterocycles. The molecule has 4 aromatic rings. The SMILES string of the molecule is O=C(Cn1[nH]c(=O)c2ccccc2c1=O)N1CCN(Cc2nc3ccccc3s2)CC1. The van der Waals surface area contributed by atoms with Crippen molar-refractivity contribution in [1.29, 1.82) is 0 Å². The summed E-state index contributed by atoms with van der Waals surface area (Å²) < 4.78 is 2.29. The van der Waals surface area contributed by atoms with Crippen LogP contribution < -0.4 is 11.1 Å². The van der Waals surface area contributed by atoms with E-state index >= 15 is 0 Å². The predicted molar refractivity (Wildman–Crippen MR) is 120 cm³/mol. The summed E-state index contributed by atoms with van der Waals surface area (Å²) in [6, 6.07) is 14.7. The van der Waals surface area contributed by atoms with Gasteiger partial charge in [-0.3, -0.25) is 24.4 Å². The Labute approximate surface area is 181 Å². The first-order valence-electron chi connectivity index (χ1n) is 10.1. The van der Waals surface area contributed by atoms with Crippen molar-refractivity contribution in [2.75, 3.05) is 26.2 Å². The van der Waals surface area contributed by atoms with Crippen molar-refractivity contribution in [3.63, 3.8) is 0 Å². The lowest BCUT2D eigenvalue weighted by Crippen LogP contribution is -2.50. The molecule has 1 aliphatic heterocycles. The van der Waals surface area contributed by atoms with E-state index in [0.29, 0.717) is 23.9 Å². The molecule has 2 aromatic carbocycles. The molecule has 5 rings (SSSR count). The number of carbonyl (C=O) groups is 1. The van der Waals surface area contributed by atoms with Gasteiger partial charge < -0.3 is 4.90 Å². The number of nitrogens with one attached hydrogen (secondary N) is 1. The Hall–Kier alpha value is -3.30. The summed E-state index contributed by atoms with van der Waals surface area (Å²) in [4.78, 5) is 46.4. The summed E-state index contributed by atoms with van der Waals surface area (Å²) in [5.74, 6) is -0.173. The monoisotopic (exact) mass is 435 g/mol. The van der Waals surface area contributed by atoms with Gasteiger partial charge >= 0.3 is 0 Å². The highest BCUT2D eigenvalue weighted by molar-refractivity contribution is 7.18. The largest absolute Gasteiger partial charge is 0.339 e. The van der Waals surface area contributed by atoms with E-state index in [2.05, 4.69) is 21.0 Å². The van der Waals surface area contributed by atoms with Crippen LogP contribution >= 0.6 is 11.3 Å². The first kappa shape index (κ1) is 19.7. The van der Waals surface area contributed by atoms with Crippen molar-refractivity contribution in [2.24, 2.45) is 0 Å². The van der Waals surface area contributed by atoms with Crippen LogP contribution in [0.5, 0.6) is 0 Å². The lowest BCUT2D eigenvalue weighted by molar-refractivity contribution is -0.133. The van der Waals surface area contributed by atoms with Crippen molar-refractivity contribution < 1.29 is 4.79 Å². The van der Waals surface area contributed by atoms with Gasteiger partial charge in [-0.15, -0.1) is 11.3 Å². The van der Waals surface area contributed by atoms with E-state index in [-0.39, 0.29) is 23.6 Å². The molecule has 0 unspecified atom stereocenters. The van der Waals surface area contributed by atoms with Crippen LogP contribution in [0, 0.1) is 0 Å². The number of nitrogens with zero attached hydrogens (tertiary/aromatic N) is 4. The molecular weight excluding hydrogens is 414 g/mol. The predicted octanol–water partition coefficient (Wildman–Crippen LogP) is 1.64. The second kappa shape index (κ2) is 8.09. The Balaban J connectivity index is 1.23. The van der Waals surface area contributed by atoms with Crippen molar-refractivity contribution in [3.05, 3.63) is 74.2 Å². The first-order valence-corrected chi connectivity index (χ1v) is 11.0. The molecule has 158 valence electrons. The number of benzene rings is 2. The van der Waals surface area contributed by atoms with Crippen molar-refractivity contribution in [1.82, 2.24) is 24.6 Å². The zero-order valence-electron chi connectivity index (χ0n) is 16.8. The van der Waals surface area contributed by atoms with Crippen LogP contribution in [-0.2, 0) is 17.9 Å². The van der Waals surface area contributed by atoms with Gasteiger partial charge in [-0.25, -0.2) is 9.67 Å². The smallest absolute Gasteiger partial charge is 0.273 e. The Morgan fingerprint density at radius 1 is 0.968 bits per heavy atom. The van der Waals surface area contributed by atoms with Gasteiger partial charge in [0.2, 0.25) is 5.91 Å². The maximum Gasteiger partial charge on any atom is 0.273 e. The molecule has 8 nitrogen and oxygen atoms in total. The number of rotatable bonds is 4. The van der Waals surface area contributed by atoms with Gasteiger partial charge in [0.25, 0.3) is 11.1 Å². The van der Waals surface area contributed by atoms with Crippen LogP contribution in [0.4, 0.5) is 0 Å². The molecule has 1 aliphatic rings. The molecule has 0 radical (unpaired) electrons. The van der Waals surface area contributed by atoms with Gasteiger partial charge in [0.1, 0.15) is 11.6 Å². The lowest BCUT2D eigenvalue weighted by atomic mass is 10.2. The minimum atomic E-state index is -0.372. The fourth-order valence-corrected chi connectivity index (χ4v) is 4.94. The zero-order valence-corrected chi connectivity index (χ0v) is 17.6. The van der Waals surface area contributed by atoms with Gasteiger partial charge in [-0.05, 0) is 24.3 Å². The highest BCUT2D eigenvalue weighted by atomic mass is 32.1. The van der Waals surface area contributed by atoms with Crippen LogP contribution in [0.3, 0.4) is 0 Å². The number of H-pyrrole nitrogens is 1. The summed E-state index contributed by atoms with van der Waals surface area (Å²) in [6.07, 6.45) is 0. The Morgan fingerprint density at radius 2 is 1.68 bits per heavy atom. The van der Waals surface area contributed by atoms with Gasteiger partial charge in [-0.1, -0.05) is 24.3 Å². The normalized spacial score (nSPS) is 15.0. The number of carbonyl (C=O) groups excluding carboxylic acids is 1. The van der Waals surface area contributed by atoms with Crippen molar-refractivity contribution >= 4 is 38.2 Å². The molecule has 0 bridgehead atoms. The standard InChI is InChI=1S/C22H21N5O3S/c28-20(14-27-22(30)16-6-2-1-5-15(16)21(29)24-27)26-11-9-25(10-12-26)13-19-23-17-7-3-4-8-18(17)31-19/h1-8H,9-14H2,(H,24,29). The first-order chi connectivity index (χ1) is 15.1. The number of fused-ring (bicyclic) bond motifs is 2. The minimum absolute atomic E-state index is 0.170. The molecule has 0 saturated carbocycles. The third kappa shape index (κ3) is 3.89. The van der Waals surface area contributed by atoms with Crippen LogP contribution in [-0.4, -0.2) is 56.7 Å². The highest BCUT2D eigenvalue weighted by Crippen LogP contribution is 2.23. The number of aromatic amines is 1. The quantitative estimate of drug-likeness (QED) is 0.526. The van der Waals surface area contributed by atoms with Crippen LogP contribution in [0.25, 0.3) is 21.0 Å². The number of piperazine rings is 1. The number of amides is 1. The fourth-order valence-electron chi connectivity index (χ4n) is 3.93. The molecular formula is C22H21N5O3S. The second-order valence-corrected chi connectivity index (χ2v) is 8.73. The molecule has 1 amide bonds. The second-order valence-electron chi connectivity index (χ2n) is 7.61. The number of aromatic nitrogens is 3. The molecule has 9 heteroatoms. The van der Waals surface area contributed by atoms with Crippen LogP contribution in [0.2, 0.25) is 0 Å². The van der Waals surface area contributed by atoms with Crippen molar-refractivity contribution in [2.45, 2.75) is 13.1 Å². The van der Waals surface area contributed by atoms with Crippen LogP contribution in [0.1, 0.15) is 5.01 Å². The van der Waals surface area contributed by atoms with E-state index in [1.807, 2.05) is 18.2 Å². The average molecular weight is 436 g/mol. The maximum absolute atomic E-state index is 12.8. The van der Waals surface area contributed by atoms with Crippen molar-refractivity contribution in [3.8, 4) is 0 Å². The summed E-state index contributed by atoms with van der Waals surface area (Å²) in [5, 5.41) is 4.25. The summed E-state index contributed by atoms with van der Waals surface area (Å²) in [7, 11) is 0. The van der Waals surface area contributed by atoms with Gasteiger partial charge in [0.15, 0.2) is 0 Å². The van der Waals surface area contributed by atoms with E-state index in [1.54, 1.807) is 40.5 Å². The average Bonchev–Trinajstić information content (AvgIpc) is 3.20. The number of thiazole rings is 1. The highest BCUT2D eigenvalue weighted by Gasteiger charge is 2.23. The van der Waals surface area contributed by atoms with Gasteiger partial charge in [0, 0.05) is 26.2 Å². The van der Waals surface area contributed by atoms with E-state index in [1.165, 1.54) is 4.70 Å². The molecule has 0 atom stereocenters. The van der Waals surface area contributed by atoms with Gasteiger partial charge in [0.05, 0.1) is 27.5 Å². The van der Waals surface area contributed by atoms with E-state index in [4.69, 9.17) is 0 Å². The number of hydrogen-bond acceptors (Lipinski definition) is 6. The minimum Gasteiger partial charge on any atom is -0.339 e. The maximum atomic E-state index is 12.8. The van der Waals surface area contributed by atoms with Gasteiger partial charge in [-0.2, -0.15) is 0 Å². The molecule has 31 heavy (non-hydrogen) atoms. The number of para-hydroxylation sites is 1. The van der Waals surface area contributed by atoms with E-state index < -0.39 is 0 Å². The topological polar surface area (TPSA) is 91.3 Å². The lowest BCUT2D eigenvalue weighted by Gasteiger charge is -2.34. The Bertz CT molecular complexity index is 1350. The van der Waals surface area contributed by atoms with E-state index in [9.17, 15) is 14.4 Å². The Morgan fingerprint density at radius 3 is 2.45 bits per heavy atom.